The largest absolute Gasteiger partial charge is 0.431 e. The molecule has 1 fully saturated rings. The Bertz CT molecular complexity index is 896. The topological polar surface area (TPSA) is 131 Å². The molecule has 0 saturated carbocycles. The molecule has 1 aliphatic rings. The smallest absolute Gasteiger partial charge is 0.233 e. The van der Waals surface area contributed by atoms with Crippen molar-refractivity contribution in [2.45, 2.75) is 52.2 Å². The van der Waals surface area contributed by atoms with Crippen LogP contribution in [0, 0.1) is 0 Å². The summed E-state index contributed by atoms with van der Waals surface area (Å²) in [7, 11) is 0. The lowest BCUT2D eigenvalue weighted by molar-refractivity contribution is 0.0439. The van der Waals surface area contributed by atoms with Gasteiger partial charge in [0.15, 0.2) is 0 Å². The molecule has 11 nitrogen and oxygen atoms in total. The molecule has 2 heterocycles. The first-order valence-electron chi connectivity index (χ1n) is 14.1. The van der Waals surface area contributed by atoms with E-state index in [-0.39, 0.29) is 0 Å². The first kappa shape index (κ1) is 30.0. The van der Waals surface area contributed by atoms with Gasteiger partial charge in [-0.15, -0.1) is 0 Å². The number of rotatable bonds is 20. The molecule has 1 unspecified atom stereocenters. The van der Waals surface area contributed by atoms with E-state index in [0.717, 1.165) is 62.8 Å². The van der Waals surface area contributed by atoms with Crippen LogP contribution in [0.25, 0.3) is 0 Å². The number of hydrogen-bond donors (Lipinski definition) is 4. The minimum atomic E-state index is -0.392. The van der Waals surface area contributed by atoms with Gasteiger partial charge in [-0.25, -0.2) is 5.32 Å². The third-order valence-corrected chi connectivity index (χ3v) is 6.16. The van der Waals surface area contributed by atoms with Crippen LogP contribution in [-0.4, -0.2) is 92.0 Å². The number of nitrogens with one attached hydrogen (secondary N) is 4. The molecular formula is C27H47N8O3+. The van der Waals surface area contributed by atoms with Crippen LogP contribution >= 0.6 is 0 Å². The highest BCUT2D eigenvalue weighted by Gasteiger charge is 2.17. The highest BCUT2D eigenvalue weighted by molar-refractivity contribution is 5.56. The standard InChI is InChI=1S/C27H46N8O3/c1-3-5-12-30-25-32-26(34-27(33-25)35-15-6-7-16-35)31-23-10-8-22(9-11-23)21-24(36)29-14-18-38-20-19-37-17-13-28-4-2/h8-11,24,28-29,36H,3-7,12-21H2,1-2H3,(H2,30,31,32,33,34)/p+1. The number of anilines is 4. The van der Waals surface area contributed by atoms with Crippen LogP contribution in [0.1, 0.15) is 45.1 Å². The molecule has 0 spiro atoms. The molecule has 212 valence electrons. The fourth-order valence-electron chi connectivity index (χ4n) is 4.04. The number of likely N-dealkylation sites (N-methyl/N-ethyl adjacent to an activating group) is 1. The van der Waals surface area contributed by atoms with Gasteiger partial charge in [-0.1, -0.05) is 32.4 Å². The number of benzene rings is 1. The molecule has 2 aromatic rings. The molecule has 6 N–H and O–H groups in total. The van der Waals surface area contributed by atoms with Gasteiger partial charge >= 0.3 is 0 Å². The zero-order valence-electron chi connectivity index (χ0n) is 23.1. The van der Waals surface area contributed by atoms with Crippen LogP contribution in [0.5, 0.6) is 0 Å². The zero-order valence-corrected chi connectivity index (χ0v) is 23.1. The minimum Gasteiger partial charge on any atom is -0.431 e. The van der Waals surface area contributed by atoms with Crippen LogP contribution in [0.4, 0.5) is 23.5 Å². The van der Waals surface area contributed by atoms with Gasteiger partial charge in [-0.05, 0) is 43.5 Å². The predicted octanol–water partition coefficient (Wildman–Crippen LogP) is 2.25. The molecule has 0 amide bonds. The van der Waals surface area contributed by atoms with Gasteiger partial charge in [-0.3, -0.25) is 0 Å². The Balaban J connectivity index is 1.41. The molecule has 1 atom stereocenters. The average Bonchev–Trinajstić information content (AvgIpc) is 3.46. The fourth-order valence-corrected chi connectivity index (χ4v) is 4.04. The van der Waals surface area contributed by atoms with E-state index in [9.17, 15) is 0 Å². The van der Waals surface area contributed by atoms with Crippen molar-refractivity contribution >= 4 is 23.5 Å². The summed E-state index contributed by atoms with van der Waals surface area (Å²) in [5, 5.41) is 21.4. The highest BCUT2D eigenvalue weighted by Crippen LogP contribution is 2.21. The van der Waals surface area contributed by atoms with Crippen LogP contribution in [0.15, 0.2) is 24.3 Å². The van der Waals surface area contributed by atoms with Gasteiger partial charge in [0.1, 0.15) is 0 Å². The number of unbranched alkanes of at least 4 members (excludes halogenated alkanes) is 1. The molecule has 0 aliphatic carbocycles. The van der Waals surface area contributed by atoms with E-state index in [1.54, 1.807) is 0 Å². The van der Waals surface area contributed by atoms with E-state index in [2.05, 4.69) is 55.0 Å². The summed E-state index contributed by atoms with van der Waals surface area (Å²) >= 11 is 0. The Morgan fingerprint density at radius 2 is 1.61 bits per heavy atom. The fraction of sp³-hybridized carbons (Fsp3) is 0.667. The molecule has 1 aromatic heterocycles. The van der Waals surface area contributed by atoms with Crippen molar-refractivity contribution in [3.05, 3.63) is 29.8 Å². The van der Waals surface area contributed by atoms with Crippen LogP contribution in [0.3, 0.4) is 0 Å². The summed E-state index contributed by atoms with van der Waals surface area (Å²) in [4.78, 5) is 16.1. The van der Waals surface area contributed by atoms with Crippen molar-refractivity contribution < 1.29 is 14.6 Å². The number of hydrogen-bond acceptors (Lipinski definition) is 10. The summed E-state index contributed by atoms with van der Waals surface area (Å²) in [5.41, 5.74) is 2.00. The summed E-state index contributed by atoms with van der Waals surface area (Å²) in [5.74, 6) is 1.87. The second-order valence-electron chi connectivity index (χ2n) is 9.37. The lowest BCUT2D eigenvalue weighted by Crippen LogP contribution is -2.33. The Hall–Kier alpha value is -2.57. The van der Waals surface area contributed by atoms with Gasteiger partial charge in [0.25, 0.3) is 0 Å². The van der Waals surface area contributed by atoms with Crippen molar-refractivity contribution in [3.8, 4) is 0 Å². The Morgan fingerprint density at radius 1 is 0.895 bits per heavy atom. The third kappa shape index (κ3) is 11.4. The predicted molar refractivity (Wildman–Crippen MR) is 154 cm³/mol. The first-order valence-corrected chi connectivity index (χ1v) is 14.1. The summed E-state index contributed by atoms with van der Waals surface area (Å²) in [6.07, 6.45) is 4.74. The van der Waals surface area contributed by atoms with Gasteiger partial charge in [0, 0.05) is 38.4 Å². The SMILES string of the molecule is CCCCNc1nc(Nc2ccc(CC([OH2+])NCCOCCOCCNCC)cc2)nc(N2CCCC2)n1. The normalized spacial score (nSPS) is 14.1. The van der Waals surface area contributed by atoms with Crippen LogP contribution in [0.2, 0.25) is 0 Å². The Labute approximate surface area is 227 Å². The Kier molecular flexibility index (Phi) is 14.1. The minimum absolute atomic E-state index is 0.392. The van der Waals surface area contributed by atoms with Gasteiger partial charge in [-0.2, -0.15) is 15.0 Å². The molecule has 1 aliphatic heterocycles. The molecule has 0 bridgehead atoms. The van der Waals surface area contributed by atoms with Gasteiger partial charge < -0.3 is 35.4 Å². The van der Waals surface area contributed by atoms with E-state index in [1.165, 1.54) is 12.8 Å². The molecule has 38 heavy (non-hydrogen) atoms. The third-order valence-electron chi connectivity index (χ3n) is 6.16. The van der Waals surface area contributed by atoms with E-state index < -0.39 is 6.23 Å². The average molecular weight is 532 g/mol. The molecule has 1 saturated heterocycles. The second-order valence-corrected chi connectivity index (χ2v) is 9.37. The van der Waals surface area contributed by atoms with Crippen molar-refractivity contribution in [1.29, 1.82) is 0 Å². The number of nitrogens with zero attached hydrogens (tertiary/aromatic N) is 4. The number of aromatic nitrogens is 3. The Morgan fingerprint density at radius 3 is 2.32 bits per heavy atom. The van der Waals surface area contributed by atoms with Crippen LogP contribution < -0.4 is 26.2 Å². The highest BCUT2D eigenvalue weighted by atomic mass is 16.5. The maximum absolute atomic E-state index is 8.30. The van der Waals surface area contributed by atoms with Crippen LogP contribution in [-0.2, 0) is 15.9 Å². The molecule has 11 heteroatoms. The first-order chi connectivity index (χ1) is 18.7. The maximum Gasteiger partial charge on any atom is 0.233 e. The summed E-state index contributed by atoms with van der Waals surface area (Å²) in [6, 6.07) is 8.08. The summed E-state index contributed by atoms with van der Waals surface area (Å²) in [6.45, 7) is 11.9. The lowest BCUT2D eigenvalue weighted by atomic mass is 10.1. The van der Waals surface area contributed by atoms with E-state index in [1.807, 2.05) is 24.3 Å². The van der Waals surface area contributed by atoms with Crippen molar-refractivity contribution in [3.63, 3.8) is 0 Å². The second kappa shape index (κ2) is 17.8. The zero-order chi connectivity index (χ0) is 26.8. The quantitative estimate of drug-likeness (QED) is 0.115. The van der Waals surface area contributed by atoms with Crippen molar-refractivity contribution in [2.75, 3.05) is 81.2 Å². The van der Waals surface area contributed by atoms with E-state index >= 15 is 0 Å². The molecular weight excluding hydrogens is 484 g/mol. The van der Waals surface area contributed by atoms with Crippen molar-refractivity contribution in [2.24, 2.45) is 0 Å². The lowest BCUT2D eigenvalue weighted by Gasteiger charge is -2.17. The molecule has 1 aromatic carbocycles. The summed E-state index contributed by atoms with van der Waals surface area (Å²) < 4.78 is 11.0. The maximum atomic E-state index is 8.30. The van der Waals surface area contributed by atoms with Crippen molar-refractivity contribution in [1.82, 2.24) is 25.6 Å². The number of ether oxygens (including phenoxy) is 2. The van der Waals surface area contributed by atoms with E-state index in [0.29, 0.717) is 51.3 Å². The van der Waals surface area contributed by atoms with Gasteiger partial charge in [0.05, 0.1) is 32.8 Å². The molecule has 3 rings (SSSR count). The molecule has 0 radical (unpaired) electrons. The van der Waals surface area contributed by atoms with E-state index in [4.69, 9.17) is 14.6 Å². The van der Waals surface area contributed by atoms with Gasteiger partial charge in [0.2, 0.25) is 24.1 Å². The monoisotopic (exact) mass is 531 g/mol.